The first-order valence-corrected chi connectivity index (χ1v) is 13.4. The van der Waals surface area contributed by atoms with Crippen molar-refractivity contribution in [2.45, 2.75) is 70.5 Å². The second-order valence-corrected chi connectivity index (χ2v) is 11.9. The van der Waals surface area contributed by atoms with Crippen LogP contribution in [0.5, 0.6) is 5.75 Å². The van der Waals surface area contributed by atoms with Crippen LogP contribution in [0.25, 0.3) is 0 Å². The third-order valence-corrected chi connectivity index (χ3v) is 9.50. The fraction of sp³-hybridized carbons (Fsp3) is 0.577. The number of hydrogen-bond acceptors (Lipinski definition) is 7. The fourth-order valence-electron chi connectivity index (χ4n) is 6.55. The summed E-state index contributed by atoms with van der Waals surface area (Å²) in [6.45, 7) is 6.76. The van der Waals surface area contributed by atoms with E-state index in [1.807, 2.05) is 11.4 Å². The number of aromatic carboxylic acids is 1. The molecule has 6 rings (SSSR count). The van der Waals surface area contributed by atoms with Crippen molar-refractivity contribution in [3.63, 3.8) is 0 Å². The van der Waals surface area contributed by atoms with Crippen LogP contribution in [0.2, 0.25) is 0 Å². The molecular weight excluding hydrogens is 479 g/mol. The second-order valence-electron chi connectivity index (χ2n) is 10.9. The summed E-state index contributed by atoms with van der Waals surface area (Å²) in [5.41, 5.74) is 0.550. The first-order chi connectivity index (χ1) is 17.1. The number of aryl methyl sites for hydroxylation is 1. The molecule has 1 aliphatic heterocycles. The molecule has 2 N–H and O–H groups in total. The van der Waals surface area contributed by atoms with Crippen molar-refractivity contribution in [1.29, 1.82) is 0 Å². The maximum absolute atomic E-state index is 13.0. The number of benzene rings is 1. The van der Waals surface area contributed by atoms with Gasteiger partial charge in [-0.2, -0.15) is 0 Å². The van der Waals surface area contributed by atoms with Crippen molar-refractivity contribution in [3.8, 4) is 5.75 Å². The van der Waals surface area contributed by atoms with E-state index in [1.54, 1.807) is 12.3 Å². The van der Waals surface area contributed by atoms with Crippen LogP contribution >= 0.6 is 11.3 Å². The molecule has 0 spiro atoms. The maximum Gasteiger partial charge on any atom is 0.482 e. The number of carboxylic acid groups (broad SMARTS) is 1. The molecule has 2 aromatic rings. The number of carbonyl (C=O) groups is 2. The highest BCUT2D eigenvalue weighted by Crippen LogP contribution is 2.65. The Balaban J connectivity index is 1.39. The highest BCUT2D eigenvalue weighted by Gasteiger charge is 2.68. The fourth-order valence-corrected chi connectivity index (χ4v) is 7.17. The molecule has 10 heteroatoms. The average Bonchev–Trinajstić information content (AvgIpc) is 3.48. The first kappa shape index (κ1) is 25.2. The predicted octanol–water partition coefficient (Wildman–Crippen LogP) is 3.78. The summed E-state index contributed by atoms with van der Waals surface area (Å²) in [6.07, 6.45) is 4.95. The number of para-hydroxylation sites is 1. The molecule has 3 saturated carbocycles. The van der Waals surface area contributed by atoms with Gasteiger partial charge < -0.3 is 24.5 Å². The molecule has 5 unspecified atom stereocenters. The number of nitrogens with zero attached hydrogens (tertiary/aromatic N) is 1. The van der Waals surface area contributed by atoms with E-state index in [0.717, 1.165) is 17.8 Å². The zero-order chi connectivity index (χ0) is 25.7. The van der Waals surface area contributed by atoms with Gasteiger partial charge in [0.1, 0.15) is 11.3 Å². The van der Waals surface area contributed by atoms with Crippen LogP contribution in [0.15, 0.2) is 29.8 Å². The Bertz CT molecular complexity index is 1140. The summed E-state index contributed by atoms with van der Waals surface area (Å²) in [6, 6.07) is 5.03. The molecule has 2 heterocycles. The number of rotatable bonds is 9. The van der Waals surface area contributed by atoms with E-state index >= 15 is 0 Å². The van der Waals surface area contributed by atoms with Crippen molar-refractivity contribution >= 4 is 30.3 Å². The Kier molecular flexibility index (Phi) is 6.63. The lowest BCUT2D eigenvalue weighted by Crippen LogP contribution is -2.65. The number of amides is 1. The Labute approximate surface area is 215 Å². The quantitative estimate of drug-likeness (QED) is 0.493. The van der Waals surface area contributed by atoms with Gasteiger partial charge in [-0.25, -0.2) is 9.78 Å². The van der Waals surface area contributed by atoms with Crippen LogP contribution in [0, 0.1) is 17.3 Å². The molecule has 3 aliphatic carbocycles. The first-order valence-electron chi connectivity index (χ1n) is 12.5. The molecule has 8 nitrogen and oxygen atoms in total. The second kappa shape index (κ2) is 9.47. The van der Waals surface area contributed by atoms with Crippen LogP contribution in [-0.4, -0.2) is 53.8 Å². The minimum Gasteiger partial charge on any atom is -0.496 e. The Hall–Kier alpha value is -2.43. The summed E-state index contributed by atoms with van der Waals surface area (Å²) in [5.74, 6) is -0.398. The Morgan fingerprint density at radius 1 is 1.33 bits per heavy atom. The van der Waals surface area contributed by atoms with Gasteiger partial charge in [0.15, 0.2) is 0 Å². The van der Waals surface area contributed by atoms with Gasteiger partial charge >= 0.3 is 13.1 Å². The number of ether oxygens (including phenoxy) is 1. The lowest BCUT2D eigenvalue weighted by Gasteiger charge is -2.64. The molecule has 1 aromatic carbocycles. The summed E-state index contributed by atoms with van der Waals surface area (Å²) in [4.78, 5) is 29.0. The minimum absolute atomic E-state index is 0.0266. The van der Waals surface area contributed by atoms with Crippen LogP contribution in [0.3, 0.4) is 0 Å². The maximum atomic E-state index is 13.0. The molecule has 2 bridgehead atoms. The van der Waals surface area contributed by atoms with Crippen LogP contribution in [0.1, 0.15) is 61.0 Å². The van der Waals surface area contributed by atoms with E-state index in [4.69, 9.17) is 14.0 Å². The van der Waals surface area contributed by atoms with Gasteiger partial charge in [-0.1, -0.05) is 26.0 Å². The molecule has 192 valence electrons. The van der Waals surface area contributed by atoms with Crippen molar-refractivity contribution in [1.82, 2.24) is 10.3 Å². The highest BCUT2D eigenvalue weighted by atomic mass is 32.1. The molecule has 0 radical (unpaired) electrons. The summed E-state index contributed by atoms with van der Waals surface area (Å²) >= 11 is 1.53. The monoisotopic (exact) mass is 512 g/mol. The molecule has 5 atom stereocenters. The van der Waals surface area contributed by atoms with Gasteiger partial charge in [-0.15, -0.1) is 11.3 Å². The van der Waals surface area contributed by atoms with Crippen molar-refractivity contribution in [3.05, 3.63) is 45.9 Å². The number of methoxy groups -OCH3 is 1. The molecule has 1 aromatic heterocycles. The predicted molar refractivity (Wildman–Crippen MR) is 136 cm³/mol. The minimum atomic E-state index is -1.06. The zero-order valence-electron chi connectivity index (χ0n) is 21.2. The lowest BCUT2D eigenvalue weighted by molar-refractivity contribution is -0.199. The standard InChI is InChI=1S/C26H33BN2O6S/c1-25(2)16-13-18(25)26(3)19(14-16)34-27(35-26)20(29-21(30)8-9-22-28-10-11-36-22)12-15-6-5-7-17(24(31)32)23(15)33-4/h5-7,10-11,16,18-20H,8-9,12-14H2,1-4H3,(H,29,30)(H,31,32). The number of hydrogen-bond donors (Lipinski definition) is 2. The third-order valence-electron chi connectivity index (χ3n) is 8.66. The van der Waals surface area contributed by atoms with Crippen LogP contribution < -0.4 is 10.1 Å². The van der Waals surface area contributed by atoms with E-state index in [1.165, 1.54) is 24.5 Å². The largest absolute Gasteiger partial charge is 0.496 e. The number of thiazole rings is 1. The van der Waals surface area contributed by atoms with E-state index < -0.39 is 24.6 Å². The van der Waals surface area contributed by atoms with Gasteiger partial charge in [0, 0.05) is 24.4 Å². The number of aromatic nitrogens is 1. The number of nitrogens with one attached hydrogen (secondary N) is 1. The molecule has 1 saturated heterocycles. The molecule has 36 heavy (non-hydrogen) atoms. The van der Waals surface area contributed by atoms with Gasteiger partial charge in [0.2, 0.25) is 5.91 Å². The summed E-state index contributed by atoms with van der Waals surface area (Å²) < 4.78 is 18.7. The van der Waals surface area contributed by atoms with Crippen molar-refractivity contribution in [2.75, 3.05) is 7.11 Å². The normalized spacial score (nSPS) is 28.7. The highest BCUT2D eigenvalue weighted by molar-refractivity contribution is 7.09. The molecular formula is C26H33BN2O6S. The topological polar surface area (TPSA) is 107 Å². The lowest BCUT2D eigenvalue weighted by atomic mass is 9.43. The number of carbonyl (C=O) groups excluding carboxylic acids is 1. The average molecular weight is 512 g/mol. The van der Waals surface area contributed by atoms with E-state index in [-0.39, 0.29) is 28.7 Å². The Morgan fingerprint density at radius 3 is 2.81 bits per heavy atom. The van der Waals surface area contributed by atoms with Gasteiger partial charge in [-0.05, 0) is 55.1 Å². The Morgan fingerprint density at radius 2 is 2.14 bits per heavy atom. The zero-order valence-corrected chi connectivity index (χ0v) is 22.0. The summed E-state index contributed by atoms with van der Waals surface area (Å²) in [7, 11) is 0.817. The van der Waals surface area contributed by atoms with Gasteiger partial charge in [-0.3, -0.25) is 4.79 Å². The summed E-state index contributed by atoms with van der Waals surface area (Å²) in [5, 5.41) is 15.6. The van der Waals surface area contributed by atoms with Crippen molar-refractivity contribution in [2.24, 2.45) is 17.3 Å². The van der Waals surface area contributed by atoms with Gasteiger partial charge in [0.25, 0.3) is 0 Å². The third kappa shape index (κ3) is 4.33. The smallest absolute Gasteiger partial charge is 0.482 e. The van der Waals surface area contributed by atoms with Crippen LogP contribution in [-0.2, 0) is 26.9 Å². The van der Waals surface area contributed by atoms with Crippen LogP contribution in [0.4, 0.5) is 0 Å². The number of carboxylic acids is 1. The molecule has 4 aliphatic rings. The molecule has 4 fully saturated rings. The van der Waals surface area contributed by atoms with E-state index in [0.29, 0.717) is 36.7 Å². The van der Waals surface area contributed by atoms with Gasteiger partial charge in [0.05, 0.1) is 29.8 Å². The molecule has 1 amide bonds. The van der Waals surface area contributed by atoms with Crippen molar-refractivity contribution < 1.29 is 28.7 Å². The van der Waals surface area contributed by atoms with E-state index in [2.05, 4.69) is 31.1 Å². The van der Waals surface area contributed by atoms with E-state index in [9.17, 15) is 14.7 Å². The SMILES string of the molecule is COc1c(CC(NC(=O)CCc2nccs2)B2OC3CC4CC(C4(C)C)C3(C)O2)cccc1C(=O)O.